The van der Waals surface area contributed by atoms with Gasteiger partial charge in [0.15, 0.2) is 10.8 Å². The molecule has 2 aromatic rings. The molecule has 1 saturated carbocycles. The van der Waals surface area contributed by atoms with Crippen LogP contribution in [0.5, 0.6) is 0 Å². The predicted molar refractivity (Wildman–Crippen MR) is 73.9 cm³/mol. The molecule has 0 unspecified atom stereocenters. The maximum atomic E-state index is 11.9. The van der Waals surface area contributed by atoms with E-state index in [2.05, 4.69) is 10.3 Å². The van der Waals surface area contributed by atoms with E-state index in [0.29, 0.717) is 12.5 Å². The van der Waals surface area contributed by atoms with Crippen LogP contribution in [0, 0.1) is 0 Å². The van der Waals surface area contributed by atoms with Crippen LogP contribution in [0.1, 0.15) is 31.4 Å². The first-order valence-electron chi connectivity index (χ1n) is 6.59. The molecule has 3 rings (SSSR count). The van der Waals surface area contributed by atoms with Crippen LogP contribution in [0.2, 0.25) is 0 Å². The van der Waals surface area contributed by atoms with Gasteiger partial charge in [0.25, 0.3) is 0 Å². The van der Waals surface area contributed by atoms with E-state index in [0.717, 1.165) is 29.3 Å². The molecule has 1 N–H and O–H groups in total. The zero-order chi connectivity index (χ0) is 13.1. The largest absolute Gasteiger partial charge is 0.462 e. The zero-order valence-electron chi connectivity index (χ0n) is 10.6. The Kier molecular flexibility index (Phi) is 3.64. The van der Waals surface area contributed by atoms with E-state index in [-0.39, 0.29) is 5.91 Å². The number of furan rings is 1. The van der Waals surface area contributed by atoms with Crippen LogP contribution in [-0.4, -0.2) is 16.9 Å². The highest BCUT2D eigenvalue weighted by atomic mass is 32.1. The molecule has 0 atom stereocenters. The van der Waals surface area contributed by atoms with Crippen LogP contribution in [0.15, 0.2) is 28.2 Å². The number of carbonyl (C=O) groups is 1. The second-order valence-electron chi connectivity index (χ2n) is 4.85. The number of hydrogen-bond acceptors (Lipinski definition) is 4. The highest BCUT2D eigenvalue weighted by Crippen LogP contribution is 2.24. The molecule has 19 heavy (non-hydrogen) atoms. The Balaban J connectivity index is 1.59. The molecule has 0 spiro atoms. The zero-order valence-corrected chi connectivity index (χ0v) is 11.4. The molecular weight excluding hydrogens is 260 g/mol. The molecular formula is C14H16N2O2S. The Morgan fingerprint density at radius 1 is 1.47 bits per heavy atom. The summed E-state index contributed by atoms with van der Waals surface area (Å²) in [6.45, 7) is 0. The molecule has 1 amide bonds. The number of aromatic nitrogens is 1. The van der Waals surface area contributed by atoms with Gasteiger partial charge in [-0.2, -0.15) is 0 Å². The fraction of sp³-hybridized carbons (Fsp3) is 0.429. The third-order valence-corrected chi connectivity index (χ3v) is 4.25. The van der Waals surface area contributed by atoms with Gasteiger partial charge in [-0.15, -0.1) is 11.3 Å². The van der Waals surface area contributed by atoms with E-state index < -0.39 is 0 Å². The summed E-state index contributed by atoms with van der Waals surface area (Å²) in [7, 11) is 0. The normalized spacial score (nSPS) is 15.8. The summed E-state index contributed by atoms with van der Waals surface area (Å²) in [6.07, 6.45) is 6.66. The lowest BCUT2D eigenvalue weighted by atomic mass is 10.2. The van der Waals surface area contributed by atoms with Gasteiger partial charge in [-0.25, -0.2) is 4.98 Å². The summed E-state index contributed by atoms with van der Waals surface area (Å²) in [5, 5.41) is 5.82. The van der Waals surface area contributed by atoms with Crippen LogP contribution in [0.25, 0.3) is 10.8 Å². The average Bonchev–Trinajstić information content (AvgIpc) is 3.09. The number of carbonyl (C=O) groups excluding carboxylic acids is 1. The SMILES string of the molecule is O=C(Cc1csc(-c2ccco2)n1)NC1CCCC1. The van der Waals surface area contributed by atoms with Crippen molar-refractivity contribution in [3.63, 3.8) is 0 Å². The summed E-state index contributed by atoms with van der Waals surface area (Å²) >= 11 is 1.51. The van der Waals surface area contributed by atoms with E-state index in [9.17, 15) is 4.79 Å². The summed E-state index contributed by atoms with van der Waals surface area (Å²) in [5.41, 5.74) is 0.812. The number of amides is 1. The van der Waals surface area contributed by atoms with Crippen molar-refractivity contribution in [2.24, 2.45) is 0 Å². The molecule has 1 aliphatic carbocycles. The molecule has 100 valence electrons. The van der Waals surface area contributed by atoms with Crippen molar-refractivity contribution in [3.8, 4) is 10.8 Å². The Hall–Kier alpha value is -1.62. The number of thiazole rings is 1. The van der Waals surface area contributed by atoms with Gasteiger partial charge in [0.1, 0.15) is 0 Å². The Bertz CT molecular complexity index is 542. The Morgan fingerprint density at radius 3 is 3.05 bits per heavy atom. The first-order valence-corrected chi connectivity index (χ1v) is 7.47. The number of rotatable bonds is 4. The van der Waals surface area contributed by atoms with Crippen molar-refractivity contribution in [1.82, 2.24) is 10.3 Å². The monoisotopic (exact) mass is 276 g/mol. The molecule has 0 saturated heterocycles. The van der Waals surface area contributed by atoms with E-state index in [1.54, 1.807) is 6.26 Å². The lowest BCUT2D eigenvalue weighted by Gasteiger charge is -2.10. The van der Waals surface area contributed by atoms with E-state index in [1.807, 2.05) is 17.5 Å². The topological polar surface area (TPSA) is 55.1 Å². The summed E-state index contributed by atoms with van der Waals surface area (Å²) in [6, 6.07) is 4.08. The van der Waals surface area contributed by atoms with Crippen molar-refractivity contribution < 1.29 is 9.21 Å². The molecule has 2 heterocycles. The fourth-order valence-electron chi connectivity index (χ4n) is 2.41. The van der Waals surface area contributed by atoms with E-state index in [1.165, 1.54) is 24.2 Å². The minimum absolute atomic E-state index is 0.0724. The maximum Gasteiger partial charge on any atom is 0.226 e. The molecule has 5 heteroatoms. The number of nitrogens with zero attached hydrogens (tertiary/aromatic N) is 1. The second kappa shape index (κ2) is 5.57. The van der Waals surface area contributed by atoms with Crippen LogP contribution in [-0.2, 0) is 11.2 Å². The van der Waals surface area contributed by atoms with Gasteiger partial charge in [-0.05, 0) is 25.0 Å². The average molecular weight is 276 g/mol. The lowest BCUT2D eigenvalue weighted by Crippen LogP contribution is -2.33. The van der Waals surface area contributed by atoms with Crippen LogP contribution < -0.4 is 5.32 Å². The summed E-state index contributed by atoms with van der Waals surface area (Å²) in [5.74, 6) is 0.829. The van der Waals surface area contributed by atoms with Gasteiger partial charge in [-0.1, -0.05) is 12.8 Å². The first-order chi connectivity index (χ1) is 9.31. The minimum Gasteiger partial charge on any atom is -0.462 e. The van der Waals surface area contributed by atoms with Crippen LogP contribution in [0.3, 0.4) is 0 Å². The van der Waals surface area contributed by atoms with Gasteiger partial charge in [0.05, 0.1) is 18.4 Å². The predicted octanol–water partition coefficient (Wildman–Crippen LogP) is 3.00. The van der Waals surface area contributed by atoms with Gasteiger partial charge >= 0.3 is 0 Å². The lowest BCUT2D eigenvalue weighted by molar-refractivity contribution is -0.121. The third kappa shape index (κ3) is 3.04. The van der Waals surface area contributed by atoms with Crippen LogP contribution in [0.4, 0.5) is 0 Å². The molecule has 1 fully saturated rings. The molecule has 2 aromatic heterocycles. The second-order valence-corrected chi connectivity index (χ2v) is 5.71. The third-order valence-electron chi connectivity index (χ3n) is 3.35. The van der Waals surface area contributed by atoms with Crippen molar-refractivity contribution in [3.05, 3.63) is 29.5 Å². The molecule has 1 aliphatic rings. The summed E-state index contributed by atoms with van der Waals surface area (Å²) in [4.78, 5) is 16.3. The Morgan fingerprint density at radius 2 is 2.32 bits per heavy atom. The van der Waals surface area contributed by atoms with Gasteiger partial charge in [0, 0.05) is 11.4 Å². The summed E-state index contributed by atoms with van der Waals surface area (Å²) < 4.78 is 5.29. The van der Waals surface area contributed by atoms with Crippen molar-refractivity contribution in [1.29, 1.82) is 0 Å². The van der Waals surface area contributed by atoms with Gasteiger partial charge in [-0.3, -0.25) is 4.79 Å². The number of nitrogens with one attached hydrogen (secondary N) is 1. The fourth-order valence-corrected chi connectivity index (χ4v) is 3.20. The minimum atomic E-state index is 0.0724. The number of hydrogen-bond donors (Lipinski definition) is 1. The van der Waals surface area contributed by atoms with Crippen molar-refractivity contribution >= 4 is 17.2 Å². The Labute approximate surface area is 115 Å². The van der Waals surface area contributed by atoms with Crippen LogP contribution >= 0.6 is 11.3 Å². The molecule has 0 radical (unpaired) electrons. The van der Waals surface area contributed by atoms with Crippen molar-refractivity contribution in [2.75, 3.05) is 0 Å². The van der Waals surface area contributed by atoms with Gasteiger partial charge in [0.2, 0.25) is 5.91 Å². The van der Waals surface area contributed by atoms with Gasteiger partial charge < -0.3 is 9.73 Å². The molecule has 4 nitrogen and oxygen atoms in total. The highest BCUT2D eigenvalue weighted by molar-refractivity contribution is 7.13. The smallest absolute Gasteiger partial charge is 0.226 e. The first kappa shape index (κ1) is 12.4. The molecule has 0 bridgehead atoms. The molecule has 0 aliphatic heterocycles. The standard InChI is InChI=1S/C14H16N2O2S/c17-13(15-10-4-1-2-5-10)8-11-9-19-14(16-11)12-6-3-7-18-12/h3,6-7,9-10H,1-2,4-5,8H2,(H,15,17). The van der Waals surface area contributed by atoms with E-state index >= 15 is 0 Å². The highest BCUT2D eigenvalue weighted by Gasteiger charge is 2.18. The van der Waals surface area contributed by atoms with E-state index in [4.69, 9.17) is 4.42 Å². The quantitative estimate of drug-likeness (QED) is 0.934. The maximum absolute atomic E-state index is 11.9. The molecule has 0 aromatic carbocycles. The van der Waals surface area contributed by atoms with Crippen molar-refractivity contribution in [2.45, 2.75) is 38.1 Å².